The Morgan fingerprint density at radius 1 is 1.04 bits per heavy atom. The fourth-order valence-electron chi connectivity index (χ4n) is 2.22. The first kappa shape index (κ1) is 21.0. The molecule has 1 aromatic carbocycles. The second-order valence-corrected chi connectivity index (χ2v) is 7.42. The summed E-state index contributed by atoms with van der Waals surface area (Å²) in [6.07, 6.45) is 3.16. The fraction of sp³-hybridized carbons (Fsp3) is 0.529. The highest BCUT2D eigenvalue weighted by molar-refractivity contribution is 7.90. The van der Waals surface area contributed by atoms with Crippen LogP contribution in [0.15, 0.2) is 29.2 Å². The average molecular weight is 369 g/mol. The molecule has 0 bridgehead atoms. The SMILES string of the molecule is CCCCNC(=O)NS(=O)(=O)c1ccc(NC(=O)C(CC)CC)cc1. The van der Waals surface area contributed by atoms with E-state index in [9.17, 15) is 18.0 Å². The first-order valence-electron chi connectivity index (χ1n) is 8.55. The number of amides is 3. The van der Waals surface area contributed by atoms with E-state index in [1.54, 1.807) is 0 Å². The minimum atomic E-state index is -3.94. The van der Waals surface area contributed by atoms with Gasteiger partial charge in [-0.3, -0.25) is 4.79 Å². The van der Waals surface area contributed by atoms with Crippen LogP contribution >= 0.6 is 0 Å². The minimum absolute atomic E-state index is 0.0429. The molecule has 0 aliphatic carbocycles. The maximum atomic E-state index is 12.2. The summed E-state index contributed by atoms with van der Waals surface area (Å²) in [5, 5.41) is 5.25. The zero-order valence-corrected chi connectivity index (χ0v) is 15.8. The fourth-order valence-corrected chi connectivity index (χ4v) is 3.15. The van der Waals surface area contributed by atoms with Crippen molar-refractivity contribution in [1.82, 2.24) is 10.0 Å². The summed E-state index contributed by atoms with van der Waals surface area (Å²) in [4.78, 5) is 23.6. The average Bonchev–Trinajstić information content (AvgIpc) is 2.56. The van der Waals surface area contributed by atoms with E-state index >= 15 is 0 Å². The third-order valence-electron chi connectivity index (χ3n) is 3.83. The second kappa shape index (κ2) is 10.0. The van der Waals surface area contributed by atoms with Crippen LogP contribution in [0, 0.1) is 5.92 Å². The molecular weight excluding hydrogens is 342 g/mol. The van der Waals surface area contributed by atoms with Gasteiger partial charge in [-0.1, -0.05) is 27.2 Å². The summed E-state index contributed by atoms with van der Waals surface area (Å²) in [6, 6.07) is 4.96. The molecule has 0 aliphatic heterocycles. The third-order valence-corrected chi connectivity index (χ3v) is 5.18. The largest absolute Gasteiger partial charge is 0.337 e. The minimum Gasteiger partial charge on any atom is -0.337 e. The van der Waals surface area contributed by atoms with Crippen LogP contribution in [-0.4, -0.2) is 26.9 Å². The molecule has 0 aromatic heterocycles. The molecule has 0 atom stereocenters. The van der Waals surface area contributed by atoms with Gasteiger partial charge in [-0.05, 0) is 43.5 Å². The smallest absolute Gasteiger partial charge is 0.328 e. The standard InChI is InChI=1S/C17H27N3O4S/c1-4-7-12-18-17(22)20-25(23,24)15-10-8-14(9-11-15)19-16(21)13(5-2)6-3/h8-11,13H,4-7,12H2,1-3H3,(H,19,21)(H2,18,20,22). The monoisotopic (exact) mass is 369 g/mol. The van der Waals surface area contributed by atoms with Gasteiger partial charge in [0, 0.05) is 18.2 Å². The summed E-state index contributed by atoms with van der Waals surface area (Å²) >= 11 is 0. The molecule has 0 unspecified atom stereocenters. The molecule has 8 heteroatoms. The highest BCUT2D eigenvalue weighted by Gasteiger charge is 2.18. The maximum absolute atomic E-state index is 12.2. The number of carbonyl (C=O) groups is 2. The van der Waals surface area contributed by atoms with Crippen molar-refractivity contribution in [3.05, 3.63) is 24.3 Å². The quantitative estimate of drug-likeness (QED) is 0.582. The lowest BCUT2D eigenvalue weighted by Gasteiger charge is -2.13. The van der Waals surface area contributed by atoms with E-state index in [1.807, 2.05) is 25.5 Å². The van der Waals surface area contributed by atoms with Crippen molar-refractivity contribution in [3.63, 3.8) is 0 Å². The first-order valence-corrected chi connectivity index (χ1v) is 10.0. The lowest BCUT2D eigenvalue weighted by molar-refractivity contribution is -0.120. The van der Waals surface area contributed by atoms with E-state index < -0.39 is 16.1 Å². The van der Waals surface area contributed by atoms with Crippen molar-refractivity contribution in [2.45, 2.75) is 51.3 Å². The van der Waals surface area contributed by atoms with Gasteiger partial charge in [0.25, 0.3) is 10.0 Å². The highest BCUT2D eigenvalue weighted by Crippen LogP contribution is 2.16. The molecule has 1 rings (SSSR count). The molecule has 0 fully saturated rings. The van der Waals surface area contributed by atoms with Crippen molar-refractivity contribution in [3.8, 4) is 0 Å². The summed E-state index contributed by atoms with van der Waals surface area (Å²) in [5.74, 6) is -0.161. The Labute approximate surface area is 149 Å². The zero-order chi connectivity index (χ0) is 18.9. The van der Waals surface area contributed by atoms with Crippen LogP contribution in [0.4, 0.5) is 10.5 Å². The Morgan fingerprint density at radius 3 is 2.16 bits per heavy atom. The summed E-state index contributed by atoms with van der Waals surface area (Å²) < 4.78 is 26.3. The van der Waals surface area contributed by atoms with Crippen molar-refractivity contribution < 1.29 is 18.0 Å². The normalized spacial score (nSPS) is 11.2. The Kier molecular flexibility index (Phi) is 8.40. The number of hydrogen-bond donors (Lipinski definition) is 3. The number of benzene rings is 1. The summed E-state index contributed by atoms with van der Waals surface area (Å²) in [7, 11) is -3.94. The lowest BCUT2D eigenvalue weighted by Crippen LogP contribution is -2.39. The van der Waals surface area contributed by atoms with Crippen LogP contribution in [-0.2, 0) is 14.8 Å². The van der Waals surface area contributed by atoms with Crippen molar-refractivity contribution in [2.75, 3.05) is 11.9 Å². The van der Waals surface area contributed by atoms with Crippen LogP contribution in [0.2, 0.25) is 0 Å². The lowest BCUT2D eigenvalue weighted by atomic mass is 10.0. The van der Waals surface area contributed by atoms with Gasteiger partial charge in [0.05, 0.1) is 4.90 Å². The van der Waals surface area contributed by atoms with E-state index in [0.717, 1.165) is 25.7 Å². The number of anilines is 1. The number of urea groups is 1. The van der Waals surface area contributed by atoms with Gasteiger partial charge >= 0.3 is 6.03 Å². The molecule has 25 heavy (non-hydrogen) atoms. The topological polar surface area (TPSA) is 104 Å². The predicted octanol–water partition coefficient (Wildman–Crippen LogP) is 2.85. The number of sulfonamides is 1. The molecule has 0 saturated heterocycles. The van der Waals surface area contributed by atoms with E-state index in [0.29, 0.717) is 12.2 Å². The molecule has 1 aromatic rings. The third kappa shape index (κ3) is 6.74. The van der Waals surface area contributed by atoms with Crippen LogP contribution in [0.1, 0.15) is 46.5 Å². The van der Waals surface area contributed by atoms with Gasteiger partial charge in [-0.15, -0.1) is 0 Å². The molecule has 3 N–H and O–H groups in total. The molecule has 0 radical (unpaired) electrons. The van der Waals surface area contributed by atoms with Crippen molar-refractivity contribution in [2.24, 2.45) is 5.92 Å². The Hall–Kier alpha value is -2.09. The van der Waals surface area contributed by atoms with Gasteiger partial charge in [0.15, 0.2) is 0 Å². The molecule has 140 valence electrons. The number of unbranched alkanes of at least 4 members (excludes halogenated alkanes) is 1. The molecule has 0 aliphatic rings. The molecule has 7 nitrogen and oxygen atoms in total. The van der Waals surface area contributed by atoms with E-state index in [-0.39, 0.29) is 16.7 Å². The van der Waals surface area contributed by atoms with Gasteiger partial charge in [0.2, 0.25) is 5.91 Å². The Bertz CT molecular complexity index is 668. The van der Waals surface area contributed by atoms with Gasteiger partial charge in [-0.25, -0.2) is 17.9 Å². The molecular formula is C17H27N3O4S. The summed E-state index contributed by atoms with van der Waals surface area (Å²) in [5.41, 5.74) is 0.517. The van der Waals surface area contributed by atoms with Crippen LogP contribution < -0.4 is 15.4 Å². The number of hydrogen-bond acceptors (Lipinski definition) is 4. The van der Waals surface area contributed by atoms with E-state index in [2.05, 4.69) is 10.6 Å². The Morgan fingerprint density at radius 2 is 1.64 bits per heavy atom. The van der Waals surface area contributed by atoms with Crippen molar-refractivity contribution in [1.29, 1.82) is 0 Å². The molecule has 0 spiro atoms. The maximum Gasteiger partial charge on any atom is 0.328 e. The number of rotatable bonds is 9. The Balaban J connectivity index is 2.71. The molecule has 0 saturated carbocycles. The van der Waals surface area contributed by atoms with Crippen LogP contribution in [0.5, 0.6) is 0 Å². The van der Waals surface area contributed by atoms with Gasteiger partial charge in [-0.2, -0.15) is 0 Å². The molecule has 3 amide bonds. The first-order chi connectivity index (χ1) is 11.8. The zero-order valence-electron chi connectivity index (χ0n) is 15.0. The van der Waals surface area contributed by atoms with Gasteiger partial charge in [0.1, 0.15) is 0 Å². The van der Waals surface area contributed by atoms with Crippen LogP contribution in [0.3, 0.4) is 0 Å². The van der Waals surface area contributed by atoms with E-state index in [1.165, 1.54) is 24.3 Å². The second-order valence-electron chi connectivity index (χ2n) is 5.74. The predicted molar refractivity (Wildman–Crippen MR) is 97.8 cm³/mol. The van der Waals surface area contributed by atoms with Gasteiger partial charge < -0.3 is 10.6 Å². The number of nitrogens with one attached hydrogen (secondary N) is 3. The summed E-state index contributed by atoms with van der Waals surface area (Å²) in [6.45, 7) is 6.28. The van der Waals surface area contributed by atoms with Crippen LogP contribution in [0.25, 0.3) is 0 Å². The number of carbonyl (C=O) groups excluding carboxylic acids is 2. The van der Waals surface area contributed by atoms with E-state index in [4.69, 9.17) is 0 Å². The van der Waals surface area contributed by atoms with Crippen molar-refractivity contribution >= 4 is 27.6 Å². The highest BCUT2D eigenvalue weighted by atomic mass is 32.2. The molecule has 0 heterocycles.